The van der Waals surface area contributed by atoms with Gasteiger partial charge in [-0.1, -0.05) is 45.4 Å². The first kappa shape index (κ1) is 14.2. The average Bonchev–Trinajstić information content (AvgIpc) is 2.65. The highest BCUT2D eigenvalue weighted by atomic mass is 35.5. The Bertz CT molecular complexity index is 669. The summed E-state index contributed by atoms with van der Waals surface area (Å²) in [6.07, 6.45) is 0. The van der Waals surface area contributed by atoms with Crippen LogP contribution in [-0.4, -0.2) is 9.55 Å². The van der Waals surface area contributed by atoms with Gasteiger partial charge < -0.3 is 4.57 Å². The molecule has 108 valence electrons. The van der Waals surface area contributed by atoms with Gasteiger partial charge in [0, 0.05) is 6.04 Å². The van der Waals surface area contributed by atoms with Crippen LogP contribution in [0.1, 0.15) is 51.9 Å². The minimum Gasteiger partial charge on any atom is -0.321 e. The Hall–Kier alpha value is -0.730. The number of rotatable bonds is 2. The second-order valence-corrected chi connectivity index (χ2v) is 7.97. The van der Waals surface area contributed by atoms with Crippen molar-refractivity contribution in [1.82, 2.24) is 9.55 Å². The van der Waals surface area contributed by atoms with Crippen LogP contribution in [0.2, 0.25) is 5.02 Å². The lowest BCUT2D eigenvalue weighted by Crippen LogP contribution is -2.07. The molecule has 0 aliphatic heterocycles. The quantitative estimate of drug-likeness (QED) is 0.660. The maximum atomic E-state index is 6.43. The maximum Gasteiger partial charge on any atom is 0.128 e. The van der Waals surface area contributed by atoms with Crippen molar-refractivity contribution in [3.05, 3.63) is 29.0 Å². The molecule has 1 aromatic heterocycles. The number of benzene rings is 1. The molecule has 1 aromatic carbocycles. The molecule has 1 aliphatic rings. The van der Waals surface area contributed by atoms with Gasteiger partial charge >= 0.3 is 0 Å². The maximum absolute atomic E-state index is 6.43. The normalized spacial score (nSPS) is 22.1. The lowest BCUT2D eigenvalue weighted by molar-refractivity contribution is 0.457. The molecule has 1 saturated carbocycles. The fraction of sp³-hybridized carbons (Fsp3) is 0.562. The summed E-state index contributed by atoms with van der Waals surface area (Å²) >= 11 is 12.8. The summed E-state index contributed by atoms with van der Waals surface area (Å²) in [4.78, 5) is 4.71. The summed E-state index contributed by atoms with van der Waals surface area (Å²) in [5, 5.41) is 0.614. The molecular formula is C16H20Cl2N2. The predicted molar refractivity (Wildman–Crippen MR) is 85.6 cm³/mol. The Labute approximate surface area is 130 Å². The van der Waals surface area contributed by atoms with Crippen LogP contribution in [0.5, 0.6) is 0 Å². The van der Waals surface area contributed by atoms with Gasteiger partial charge in [-0.3, -0.25) is 0 Å². The largest absolute Gasteiger partial charge is 0.321 e. The number of hydrogen-bond acceptors (Lipinski definition) is 1. The van der Waals surface area contributed by atoms with E-state index in [1.807, 2.05) is 25.1 Å². The van der Waals surface area contributed by atoms with E-state index in [0.717, 1.165) is 21.9 Å². The Balaban J connectivity index is 2.32. The van der Waals surface area contributed by atoms with Gasteiger partial charge in [-0.05, 0) is 29.9 Å². The fourth-order valence-corrected chi connectivity index (χ4v) is 3.89. The summed E-state index contributed by atoms with van der Waals surface area (Å²) in [5.41, 5.74) is 2.36. The van der Waals surface area contributed by atoms with Crippen molar-refractivity contribution >= 4 is 34.2 Å². The third-order valence-electron chi connectivity index (χ3n) is 5.25. The van der Waals surface area contributed by atoms with Gasteiger partial charge in [0.1, 0.15) is 5.82 Å². The molecule has 0 bridgehead atoms. The molecule has 0 saturated heterocycles. The molecule has 1 heterocycles. The van der Waals surface area contributed by atoms with E-state index in [0.29, 0.717) is 6.04 Å². The van der Waals surface area contributed by atoms with Crippen molar-refractivity contribution < 1.29 is 0 Å². The van der Waals surface area contributed by atoms with E-state index in [4.69, 9.17) is 28.2 Å². The van der Waals surface area contributed by atoms with Gasteiger partial charge in [0.2, 0.25) is 0 Å². The highest BCUT2D eigenvalue weighted by Crippen LogP contribution is 2.72. The van der Waals surface area contributed by atoms with Gasteiger partial charge in [-0.15, -0.1) is 11.6 Å². The SMILES string of the molecule is CC(Cl)c1nc2cccc(Cl)c2n1C1C(C)(C)C1(C)C. The lowest BCUT2D eigenvalue weighted by atomic mass is 10.0. The smallest absolute Gasteiger partial charge is 0.128 e. The minimum atomic E-state index is -0.134. The van der Waals surface area contributed by atoms with Gasteiger partial charge in [0.05, 0.1) is 21.4 Å². The van der Waals surface area contributed by atoms with Crippen LogP contribution in [0.4, 0.5) is 0 Å². The van der Waals surface area contributed by atoms with Crippen LogP contribution in [0.25, 0.3) is 11.0 Å². The van der Waals surface area contributed by atoms with Crippen molar-refractivity contribution in [2.24, 2.45) is 10.8 Å². The molecule has 1 aliphatic carbocycles. The fourth-order valence-electron chi connectivity index (χ4n) is 3.47. The molecule has 1 unspecified atom stereocenters. The van der Waals surface area contributed by atoms with Crippen molar-refractivity contribution in [2.75, 3.05) is 0 Å². The molecule has 1 fully saturated rings. The first-order valence-electron chi connectivity index (χ1n) is 7.00. The molecule has 0 spiro atoms. The first-order valence-corrected chi connectivity index (χ1v) is 7.81. The van der Waals surface area contributed by atoms with E-state index in [1.165, 1.54) is 0 Å². The second-order valence-electron chi connectivity index (χ2n) is 6.91. The molecule has 0 N–H and O–H groups in total. The van der Waals surface area contributed by atoms with Crippen LogP contribution in [0, 0.1) is 10.8 Å². The Morgan fingerprint density at radius 3 is 2.30 bits per heavy atom. The van der Waals surface area contributed by atoms with E-state index in [9.17, 15) is 0 Å². The Morgan fingerprint density at radius 1 is 1.20 bits per heavy atom. The standard InChI is InChI=1S/C16H20Cl2N2/c1-9(17)13-19-11-8-6-7-10(18)12(11)20(13)14-15(2,3)16(14,4)5/h6-9,14H,1-5H3. The third kappa shape index (κ3) is 1.67. The number of imidazole rings is 1. The van der Waals surface area contributed by atoms with Crippen LogP contribution >= 0.6 is 23.2 Å². The van der Waals surface area contributed by atoms with E-state index in [2.05, 4.69) is 32.3 Å². The summed E-state index contributed by atoms with van der Waals surface area (Å²) < 4.78 is 2.27. The van der Waals surface area contributed by atoms with Gasteiger partial charge in [0.15, 0.2) is 0 Å². The van der Waals surface area contributed by atoms with E-state index >= 15 is 0 Å². The van der Waals surface area contributed by atoms with Crippen molar-refractivity contribution in [3.8, 4) is 0 Å². The van der Waals surface area contributed by atoms with Crippen molar-refractivity contribution in [2.45, 2.75) is 46.0 Å². The number of fused-ring (bicyclic) bond motifs is 1. The highest BCUT2D eigenvalue weighted by Gasteiger charge is 2.66. The van der Waals surface area contributed by atoms with E-state index < -0.39 is 0 Å². The molecule has 0 amide bonds. The zero-order chi connectivity index (χ0) is 14.9. The second kappa shape index (κ2) is 4.14. The molecule has 20 heavy (non-hydrogen) atoms. The van der Waals surface area contributed by atoms with Gasteiger partial charge in [0.25, 0.3) is 0 Å². The average molecular weight is 311 g/mol. The van der Waals surface area contributed by atoms with Crippen LogP contribution in [0.3, 0.4) is 0 Å². The summed E-state index contributed by atoms with van der Waals surface area (Å²) in [7, 11) is 0. The predicted octanol–water partition coefficient (Wildman–Crippen LogP) is 5.60. The number of hydrogen-bond donors (Lipinski definition) is 0. The Morgan fingerprint density at radius 2 is 1.80 bits per heavy atom. The number of alkyl halides is 1. The van der Waals surface area contributed by atoms with Crippen molar-refractivity contribution in [1.29, 1.82) is 0 Å². The lowest BCUT2D eigenvalue weighted by Gasteiger charge is -2.13. The molecular weight excluding hydrogens is 291 g/mol. The van der Waals surface area contributed by atoms with Gasteiger partial charge in [-0.2, -0.15) is 0 Å². The molecule has 3 rings (SSSR count). The first-order chi connectivity index (χ1) is 9.19. The van der Waals surface area contributed by atoms with Crippen LogP contribution in [0.15, 0.2) is 18.2 Å². The topological polar surface area (TPSA) is 17.8 Å². The van der Waals surface area contributed by atoms with E-state index in [1.54, 1.807) is 0 Å². The number of halogens is 2. The summed E-state index contributed by atoms with van der Waals surface area (Å²) in [6, 6.07) is 6.24. The molecule has 1 atom stereocenters. The third-order valence-corrected chi connectivity index (χ3v) is 5.75. The molecule has 4 heteroatoms. The zero-order valence-corrected chi connectivity index (χ0v) is 14.0. The molecule has 0 radical (unpaired) electrons. The molecule has 2 aromatic rings. The summed E-state index contributed by atoms with van der Waals surface area (Å²) in [5.74, 6) is 0.915. The monoisotopic (exact) mass is 310 g/mol. The van der Waals surface area contributed by atoms with Gasteiger partial charge in [-0.25, -0.2) is 4.98 Å². The summed E-state index contributed by atoms with van der Waals surface area (Å²) in [6.45, 7) is 11.1. The van der Waals surface area contributed by atoms with Crippen LogP contribution in [-0.2, 0) is 0 Å². The zero-order valence-electron chi connectivity index (χ0n) is 12.5. The number of para-hydroxylation sites is 1. The minimum absolute atomic E-state index is 0.134. The van der Waals surface area contributed by atoms with Crippen molar-refractivity contribution in [3.63, 3.8) is 0 Å². The van der Waals surface area contributed by atoms with Crippen LogP contribution < -0.4 is 0 Å². The highest BCUT2D eigenvalue weighted by molar-refractivity contribution is 6.35. The Kier molecular flexibility index (Phi) is 2.94. The van der Waals surface area contributed by atoms with E-state index in [-0.39, 0.29) is 16.2 Å². The molecule has 2 nitrogen and oxygen atoms in total. The number of aromatic nitrogens is 2. The number of nitrogens with zero attached hydrogens (tertiary/aromatic N) is 2.